The van der Waals surface area contributed by atoms with Gasteiger partial charge < -0.3 is 10.1 Å². The van der Waals surface area contributed by atoms with Crippen molar-refractivity contribution in [1.29, 1.82) is 0 Å². The Morgan fingerprint density at radius 2 is 1.80 bits per heavy atom. The lowest BCUT2D eigenvalue weighted by molar-refractivity contribution is 0.0600. The molecule has 0 bridgehead atoms. The van der Waals surface area contributed by atoms with Crippen molar-refractivity contribution in [2.45, 2.75) is 6.92 Å². The molecule has 20 heavy (non-hydrogen) atoms. The van der Waals surface area contributed by atoms with Gasteiger partial charge in [-0.2, -0.15) is 0 Å². The van der Waals surface area contributed by atoms with Gasteiger partial charge in [-0.1, -0.05) is 0 Å². The zero-order chi connectivity index (χ0) is 14.5. The van der Waals surface area contributed by atoms with E-state index in [2.05, 4.69) is 15.0 Å². The first kappa shape index (κ1) is 13.7. The summed E-state index contributed by atoms with van der Waals surface area (Å²) in [6, 6.07) is 8.23. The highest BCUT2D eigenvalue weighted by Gasteiger charge is 2.10. The Morgan fingerprint density at radius 1 is 1.10 bits per heavy atom. The van der Waals surface area contributed by atoms with E-state index in [1.54, 1.807) is 42.7 Å². The topological polar surface area (TPSA) is 68.3 Å². The molecular formula is C15H14N2O3. The minimum absolute atomic E-state index is 0.221. The van der Waals surface area contributed by atoms with Crippen molar-refractivity contribution in [2.75, 3.05) is 12.4 Å². The minimum Gasteiger partial charge on any atom is -0.465 e. The summed E-state index contributed by atoms with van der Waals surface area (Å²) in [5.41, 5.74) is 2.41. The SMILES string of the molecule is COC(=O)c1ccc(NC(=O)c2ccncc2)c(C)c1. The molecule has 1 aromatic heterocycles. The van der Waals surface area contributed by atoms with Gasteiger partial charge in [-0.3, -0.25) is 9.78 Å². The van der Waals surface area contributed by atoms with Crippen LogP contribution in [0.5, 0.6) is 0 Å². The molecule has 102 valence electrons. The number of rotatable bonds is 3. The number of nitrogens with zero attached hydrogens (tertiary/aromatic N) is 1. The highest BCUT2D eigenvalue weighted by atomic mass is 16.5. The van der Waals surface area contributed by atoms with Gasteiger partial charge in [-0.05, 0) is 42.8 Å². The lowest BCUT2D eigenvalue weighted by atomic mass is 10.1. The van der Waals surface area contributed by atoms with Crippen molar-refractivity contribution < 1.29 is 14.3 Å². The number of aryl methyl sites for hydroxylation is 1. The molecule has 0 atom stereocenters. The van der Waals surface area contributed by atoms with Crippen LogP contribution in [0.15, 0.2) is 42.7 Å². The molecule has 0 aliphatic rings. The van der Waals surface area contributed by atoms with Crippen molar-refractivity contribution >= 4 is 17.6 Å². The Kier molecular flexibility index (Phi) is 4.10. The third-order valence-electron chi connectivity index (χ3n) is 2.84. The molecule has 0 fully saturated rings. The number of esters is 1. The van der Waals surface area contributed by atoms with E-state index in [-0.39, 0.29) is 5.91 Å². The van der Waals surface area contributed by atoms with Crippen molar-refractivity contribution in [3.8, 4) is 0 Å². The molecule has 1 aromatic carbocycles. The van der Waals surface area contributed by atoms with Crippen LogP contribution in [0.2, 0.25) is 0 Å². The average Bonchev–Trinajstić information content (AvgIpc) is 2.49. The van der Waals surface area contributed by atoms with Crippen LogP contribution in [0.3, 0.4) is 0 Å². The largest absolute Gasteiger partial charge is 0.465 e. The zero-order valence-corrected chi connectivity index (χ0v) is 11.2. The Labute approximate surface area is 116 Å². The van der Waals surface area contributed by atoms with Gasteiger partial charge in [0.2, 0.25) is 0 Å². The van der Waals surface area contributed by atoms with E-state index in [1.165, 1.54) is 7.11 Å². The van der Waals surface area contributed by atoms with E-state index >= 15 is 0 Å². The molecule has 0 saturated heterocycles. The summed E-state index contributed by atoms with van der Waals surface area (Å²) in [7, 11) is 1.33. The molecule has 1 heterocycles. The molecule has 1 amide bonds. The first-order chi connectivity index (χ1) is 9.61. The molecule has 5 nitrogen and oxygen atoms in total. The first-order valence-corrected chi connectivity index (χ1v) is 6.02. The number of ether oxygens (including phenoxy) is 1. The van der Waals surface area contributed by atoms with Crippen molar-refractivity contribution in [2.24, 2.45) is 0 Å². The van der Waals surface area contributed by atoms with Crippen LogP contribution >= 0.6 is 0 Å². The molecule has 1 N–H and O–H groups in total. The third kappa shape index (κ3) is 3.00. The highest BCUT2D eigenvalue weighted by molar-refractivity contribution is 6.04. The van der Waals surface area contributed by atoms with E-state index in [1.807, 2.05) is 6.92 Å². The lowest BCUT2D eigenvalue weighted by Gasteiger charge is -2.09. The summed E-state index contributed by atoms with van der Waals surface area (Å²) >= 11 is 0. The molecule has 0 unspecified atom stereocenters. The highest BCUT2D eigenvalue weighted by Crippen LogP contribution is 2.18. The van der Waals surface area contributed by atoms with Gasteiger partial charge in [-0.15, -0.1) is 0 Å². The number of aromatic nitrogens is 1. The maximum Gasteiger partial charge on any atom is 0.337 e. The van der Waals surface area contributed by atoms with Gasteiger partial charge in [0.15, 0.2) is 0 Å². The third-order valence-corrected chi connectivity index (χ3v) is 2.84. The first-order valence-electron chi connectivity index (χ1n) is 6.02. The second kappa shape index (κ2) is 5.97. The van der Waals surface area contributed by atoms with Crippen LogP contribution in [-0.4, -0.2) is 24.0 Å². The predicted octanol–water partition coefficient (Wildman–Crippen LogP) is 2.43. The average molecular weight is 270 g/mol. The molecule has 0 saturated carbocycles. The molecule has 0 aliphatic heterocycles. The number of nitrogens with one attached hydrogen (secondary N) is 1. The predicted molar refractivity (Wildman–Crippen MR) is 74.7 cm³/mol. The van der Waals surface area contributed by atoms with Crippen molar-refractivity contribution in [3.05, 3.63) is 59.4 Å². The molecule has 0 spiro atoms. The van der Waals surface area contributed by atoms with E-state index in [9.17, 15) is 9.59 Å². The normalized spacial score (nSPS) is 9.90. The van der Waals surface area contributed by atoms with Crippen LogP contribution in [0, 0.1) is 6.92 Å². The quantitative estimate of drug-likeness (QED) is 0.870. The van der Waals surface area contributed by atoms with Crippen LogP contribution in [0.1, 0.15) is 26.3 Å². The number of hydrogen-bond acceptors (Lipinski definition) is 4. The molecule has 2 aromatic rings. The second-order valence-electron chi connectivity index (χ2n) is 4.21. The van der Waals surface area contributed by atoms with Crippen molar-refractivity contribution in [3.63, 3.8) is 0 Å². The molecular weight excluding hydrogens is 256 g/mol. The number of amides is 1. The van der Waals surface area contributed by atoms with E-state index in [0.29, 0.717) is 16.8 Å². The summed E-state index contributed by atoms with van der Waals surface area (Å²) in [6.45, 7) is 1.81. The smallest absolute Gasteiger partial charge is 0.337 e. The van der Waals surface area contributed by atoms with Gasteiger partial charge in [0.05, 0.1) is 12.7 Å². The number of anilines is 1. The summed E-state index contributed by atoms with van der Waals surface area (Å²) in [4.78, 5) is 27.3. The van der Waals surface area contributed by atoms with Gasteiger partial charge in [0, 0.05) is 23.6 Å². The van der Waals surface area contributed by atoms with E-state index < -0.39 is 5.97 Å². The Morgan fingerprint density at radius 3 is 2.40 bits per heavy atom. The van der Waals surface area contributed by atoms with E-state index in [0.717, 1.165) is 5.56 Å². The fourth-order valence-electron chi connectivity index (χ4n) is 1.75. The van der Waals surface area contributed by atoms with E-state index in [4.69, 9.17) is 0 Å². The fraction of sp³-hybridized carbons (Fsp3) is 0.133. The van der Waals surface area contributed by atoms with Crippen LogP contribution in [0.4, 0.5) is 5.69 Å². The van der Waals surface area contributed by atoms with Gasteiger partial charge in [0.25, 0.3) is 5.91 Å². The minimum atomic E-state index is -0.403. The summed E-state index contributed by atoms with van der Waals surface area (Å²) in [6.07, 6.45) is 3.12. The summed E-state index contributed by atoms with van der Waals surface area (Å²) in [5, 5.41) is 2.79. The monoisotopic (exact) mass is 270 g/mol. The van der Waals surface area contributed by atoms with Crippen LogP contribution < -0.4 is 5.32 Å². The molecule has 2 rings (SSSR count). The van der Waals surface area contributed by atoms with Gasteiger partial charge in [0.1, 0.15) is 0 Å². The molecule has 5 heteroatoms. The van der Waals surface area contributed by atoms with Gasteiger partial charge >= 0.3 is 5.97 Å². The number of carbonyl (C=O) groups excluding carboxylic acids is 2. The number of methoxy groups -OCH3 is 1. The number of pyridine rings is 1. The second-order valence-corrected chi connectivity index (χ2v) is 4.21. The number of hydrogen-bond donors (Lipinski definition) is 1. The molecule has 0 aliphatic carbocycles. The Hall–Kier alpha value is -2.69. The van der Waals surface area contributed by atoms with Crippen LogP contribution in [-0.2, 0) is 4.74 Å². The van der Waals surface area contributed by atoms with Gasteiger partial charge in [-0.25, -0.2) is 4.79 Å². The number of carbonyl (C=O) groups is 2. The van der Waals surface area contributed by atoms with Crippen LogP contribution in [0.25, 0.3) is 0 Å². The van der Waals surface area contributed by atoms with Crippen molar-refractivity contribution in [1.82, 2.24) is 4.98 Å². The summed E-state index contributed by atoms with van der Waals surface area (Å²) < 4.78 is 4.65. The number of benzene rings is 1. The zero-order valence-electron chi connectivity index (χ0n) is 11.2. The Balaban J connectivity index is 2.18. The maximum absolute atomic E-state index is 12.0. The Bertz CT molecular complexity index is 639. The summed E-state index contributed by atoms with van der Waals surface area (Å²) in [5.74, 6) is -0.624. The lowest BCUT2D eigenvalue weighted by Crippen LogP contribution is -2.13. The fourth-order valence-corrected chi connectivity index (χ4v) is 1.75. The maximum atomic E-state index is 12.0. The standard InChI is InChI=1S/C15H14N2O3/c1-10-9-12(15(19)20-2)3-4-13(10)17-14(18)11-5-7-16-8-6-11/h3-9H,1-2H3,(H,17,18). The molecule has 0 radical (unpaired) electrons.